The first-order chi connectivity index (χ1) is 7.54. The number of aliphatic carboxylic acids is 1. The molecule has 1 saturated heterocycles. The number of carboxylic acids is 1. The van der Waals surface area contributed by atoms with Crippen molar-refractivity contribution in [2.75, 3.05) is 33.9 Å². The average molecular weight is 231 g/mol. The number of hydrogen-bond acceptors (Lipinski definition) is 4. The lowest BCUT2D eigenvalue weighted by Crippen LogP contribution is -2.58. The summed E-state index contributed by atoms with van der Waals surface area (Å²) >= 11 is 0. The van der Waals surface area contributed by atoms with Crippen molar-refractivity contribution >= 4 is 5.97 Å². The van der Waals surface area contributed by atoms with E-state index in [0.29, 0.717) is 0 Å². The molecule has 0 radical (unpaired) electrons. The normalized spacial score (nSPS) is 22.9. The van der Waals surface area contributed by atoms with Crippen molar-refractivity contribution in [2.24, 2.45) is 0 Å². The van der Waals surface area contributed by atoms with Gasteiger partial charge in [0.05, 0.1) is 12.7 Å². The van der Waals surface area contributed by atoms with Crippen LogP contribution in [0.1, 0.15) is 19.8 Å². The molecular weight excluding hydrogens is 210 g/mol. The maximum atomic E-state index is 11.3. The van der Waals surface area contributed by atoms with E-state index in [1.807, 2.05) is 4.90 Å². The van der Waals surface area contributed by atoms with Crippen molar-refractivity contribution in [3.05, 3.63) is 0 Å². The highest BCUT2D eigenvalue weighted by Gasteiger charge is 2.41. The van der Waals surface area contributed by atoms with E-state index >= 15 is 0 Å². The Morgan fingerprint density at radius 2 is 2.00 bits per heavy atom. The lowest BCUT2D eigenvalue weighted by molar-refractivity contribution is -0.156. The predicted molar refractivity (Wildman–Crippen MR) is 59.5 cm³/mol. The van der Waals surface area contributed by atoms with E-state index in [-0.39, 0.29) is 12.7 Å². The Bertz CT molecular complexity index is 238. The van der Waals surface area contributed by atoms with Crippen LogP contribution in [0.25, 0.3) is 0 Å². The number of hydrogen-bond donors (Lipinski definition) is 1. The lowest BCUT2D eigenvalue weighted by Gasteiger charge is -2.41. The first-order valence-electron chi connectivity index (χ1n) is 5.54. The van der Waals surface area contributed by atoms with Crippen molar-refractivity contribution in [3.63, 3.8) is 0 Å². The van der Waals surface area contributed by atoms with Crippen LogP contribution >= 0.6 is 0 Å². The fourth-order valence-electron chi connectivity index (χ4n) is 2.15. The van der Waals surface area contributed by atoms with Crippen LogP contribution in [0.2, 0.25) is 0 Å². The minimum Gasteiger partial charge on any atom is -0.480 e. The second-order valence-electron chi connectivity index (χ2n) is 4.43. The third-order valence-electron chi connectivity index (χ3n) is 3.36. The quantitative estimate of drug-likeness (QED) is 0.750. The standard InChI is InChI=1S/C11H21NO4/c1-11(8-15-2,10(13)14)12-6-4-9(16-3)5-7-12/h9H,4-8H2,1-3H3,(H,13,14). The van der Waals surface area contributed by atoms with Gasteiger partial charge in [-0.2, -0.15) is 0 Å². The molecule has 16 heavy (non-hydrogen) atoms. The zero-order valence-corrected chi connectivity index (χ0v) is 10.2. The van der Waals surface area contributed by atoms with Crippen molar-refractivity contribution in [1.82, 2.24) is 4.90 Å². The van der Waals surface area contributed by atoms with Crippen molar-refractivity contribution in [2.45, 2.75) is 31.4 Å². The van der Waals surface area contributed by atoms with Gasteiger partial charge in [-0.15, -0.1) is 0 Å². The molecule has 0 aromatic heterocycles. The van der Waals surface area contributed by atoms with Crippen LogP contribution in [0, 0.1) is 0 Å². The van der Waals surface area contributed by atoms with Gasteiger partial charge in [0, 0.05) is 27.3 Å². The summed E-state index contributed by atoms with van der Waals surface area (Å²) in [5.74, 6) is -0.829. The van der Waals surface area contributed by atoms with Gasteiger partial charge in [0.15, 0.2) is 0 Å². The molecule has 0 bridgehead atoms. The fraction of sp³-hybridized carbons (Fsp3) is 0.909. The minimum atomic E-state index is -0.923. The van der Waals surface area contributed by atoms with E-state index < -0.39 is 11.5 Å². The summed E-state index contributed by atoms with van der Waals surface area (Å²) in [6, 6.07) is 0. The SMILES string of the molecule is COCC(C)(C(=O)O)N1CCC(OC)CC1. The average Bonchev–Trinajstić information content (AvgIpc) is 2.29. The minimum absolute atomic E-state index is 0.208. The molecule has 1 unspecified atom stereocenters. The zero-order chi connectivity index (χ0) is 12.2. The molecule has 1 fully saturated rings. The van der Waals surface area contributed by atoms with Gasteiger partial charge in [-0.25, -0.2) is 0 Å². The summed E-state index contributed by atoms with van der Waals surface area (Å²) in [7, 11) is 3.23. The summed E-state index contributed by atoms with van der Waals surface area (Å²) < 4.78 is 10.3. The van der Waals surface area contributed by atoms with Crippen molar-refractivity contribution < 1.29 is 19.4 Å². The third-order valence-corrected chi connectivity index (χ3v) is 3.36. The molecule has 1 rings (SSSR count). The van der Waals surface area contributed by atoms with Crippen LogP contribution in [0.4, 0.5) is 0 Å². The molecule has 0 aliphatic carbocycles. The number of carboxylic acid groups (broad SMARTS) is 1. The number of likely N-dealkylation sites (tertiary alicyclic amines) is 1. The highest BCUT2D eigenvalue weighted by Crippen LogP contribution is 2.23. The van der Waals surface area contributed by atoms with Gasteiger partial charge in [-0.05, 0) is 19.8 Å². The van der Waals surface area contributed by atoms with Gasteiger partial charge in [0.1, 0.15) is 5.54 Å². The van der Waals surface area contributed by atoms with Crippen LogP contribution in [0.15, 0.2) is 0 Å². The Balaban J connectivity index is 2.64. The Labute approximate surface area is 96.3 Å². The zero-order valence-electron chi connectivity index (χ0n) is 10.2. The first kappa shape index (κ1) is 13.4. The molecule has 0 saturated carbocycles. The third kappa shape index (κ3) is 2.72. The van der Waals surface area contributed by atoms with E-state index in [9.17, 15) is 9.90 Å². The monoisotopic (exact) mass is 231 g/mol. The van der Waals surface area contributed by atoms with Crippen molar-refractivity contribution in [1.29, 1.82) is 0 Å². The van der Waals surface area contributed by atoms with Gasteiger partial charge >= 0.3 is 5.97 Å². The van der Waals surface area contributed by atoms with Crippen LogP contribution in [-0.2, 0) is 14.3 Å². The molecule has 1 heterocycles. The molecular formula is C11H21NO4. The van der Waals surface area contributed by atoms with Crippen LogP contribution in [0.3, 0.4) is 0 Å². The number of nitrogens with zero attached hydrogens (tertiary/aromatic N) is 1. The van der Waals surface area contributed by atoms with Gasteiger partial charge in [-0.3, -0.25) is 9.69 Å². The summed E-state index contributed by atoms with van der Waals surface area (Å²) in [5.41, 5.74) is -0.923. The van der Waals surface area contributed by atoms with Gasteiger partial charge in [0.2, 0.25) is 0 Å². The molecule has 1 aliphatic heterocycles. The molecule has 1 aliphatic rings. The molecule has 94 valence electrons. The van der Waals surface area contributed by atoms with Crippen LogP contribution in [0.5, 0.6) is 0 Å². The highest BCUT2D eigenvalue weighted by molar-refractivity contribution is 5.78. The number of methoxy groups -OCH3 is 2. The van der Waals surface area contributed by atoms with E-state index in [2.05, 4.69) is 0 Å². The maximum Gasteiger partial charge on any atom is 0.326 e. The van der Waals surface area contributed by atoms with E-state index in [1.165, 1.54) is 7.11 Å². The number of piperidine rings is 1. The largest absolute Gasteiger partial charge is 0.480 e. The van der Waals surface area contributed by atoms with Gasteiger partial charge < -0.3 is 14.6 Å². The summed E-state index contributed by atoms with van der Waals surface area (Å²) in [5, 5.41) is 9.29. The molecule has 0 aromatic rings. The Morgan fingerprint density at radius 1 is 1.44 bits per heavy atom. The molecule has 5 nitrogen and oxygen atoms in total. The van der Waals surface area contributed by atoms with E-state index in [4.69, 9.17) is 9.47 Å². The number of ether oxygens (including phenoxy) is 2. The Hall–Kier alpha value is -0.650. The second kappa shape index (κ2) is 5.61. The second-order valence-corrected chi connectivity index (χ2v) is 4.43. The summed E-state index contributed by atoms with van der Waals surface area (Å²) in [6.07, 6.45) is 2.02. The lowest BCUT2D eigenvalue weighted by atomic mass is 9.96. The van der Waals surface area contributed by atoms with E-state index in [1.54, 1.807) is 14.0 Å². The molecule has 0 amide bonds. The predicted octanol–water partition coefficient (Wildman–Crippen LogP) is 0.587. The molecule has 1 atom stereocenters. The maximum absolute atomic E-state index is 11.3. The summed E-state index contributed by atoms with van der Waals surface area (Å²) in [4.78, 5) is 13.3. The molecule has 0 spiro atoms. The summed E-state index contributed by atoms with van der Waals surface area (Å²) in [6.45, 7) is 3.40. The highest BCUT2D eigenvalue weighted by atomic mass is 16.5. The number of rotatable bonds is 5. The number of carbonyl (C=O) groups is 1. The van der Waals surface area contributed by atoms with Gasteiger partial charge in [0.25, 0.3) is 0 Å². The van der Waals surface area contributed by atoms with Crippen molar-refractivity contribution in [3.8, 4) is 0 Å². The molecule has 0 aromatic carbocycles. The van der Waals surface area contributed by atoms with Gasteiger partial charge in [-0.1, -0.05) is 0 Å². The fourth-order valence-corrected chi connectivity index (χ4v) is 2.15. The first-order valence-corrected chi connectivity index (χ1v) is 5.54. The topological polar surface area (TPSA) is 59.0 Å². The molecule has 1 N–H and O–H groups in total. The van der Waals surface area contributed by atoms with Crippen LogP contribution < -0.4 is 0 Å². The van der Waals surface area contributed by atoms with Crippen LogP contribution in [-0.4, -0.2) is 61.5 Å². The Kier molecular flexibility index (Phi) is 4.70. The Morgan fingerprint density at radius 3 is 2.38 bits per heavy atom. The molecule has 5 heteroatoms. The van der Waals surface area contributed by atoms with E-state index in [0.717, 1.165) is 25.9 Å². The smallest absolute Gasteiger partial charge is 0.326 e.